The number of aryl methyl sites for hydroxylation is 1. The van der Waals surface area contributed by atoms with E-state index < -0.39 is 0 Å². The number of para-hydroxylation sites is 2. The number of rotatable bonds is 4. The molecule has 1 N–H and O–H groups in total. The molecule has 0 aliphatic rings. The van der Waals surface area contributed by atoms with Gasteiger partial charge in [-0.1, -0.05) is 50.2 Å². The van der Waals surface area contributed by atoms with E-state index in [0.29, 0.717) is 11.5 Å². The van der Waals surface area contributed by atoms with E-state index in [1.807, 2.05) is 56.3 Å². The highest BCUT2D eigenvalue weighted by molar-refractivity contribution is 6.05. The quantitative estimate of drug-likeness (QED) is 0.741. The molecule has 128 valence electrons. The lowest BCUT2D eigenvalue weighted by atomic mass is 9.98. The van der Waals surface area contributed by atoms with Gasteiger partial charge in [0.25, 0.3) is 5.91 Å². The molecular weight excluding hydrogens is 310 g/mol. The maximum atomic E-state index is 12.8. The lowest BCUT2D eigenvalue weighted by molar-refractivity contribution is 0.102. The maximum absolute atomic E-state index is 12.8. The molecule has 25 heavy (non-hydrogen) atoms. The predicted octanol–water partition coefficient (Wildman–Crippen LogP) is 4.86. The fourth-order valence-corrected chi connectivity index (χ4v) is 2.99. The van der Waals surface area contributed by atoms with Crippen LogP contribution in [0.25, 0.3) is 5.69 Å². The first kappa shape index (κ1) is 17.0. The van der Waals surface area contributed by atoms with Crippen molar-refractivity contribution in [2.45, 2.75) is 33.6 Å². The molecule has 2 aromatic carbocycles. The van der Waals surface area contributed by atoms with E-state index in [0.717, 1.165) is 28.2 Å². The molecule has 3 aromatic rings. The van der Waals surface area contributed by atoms with Gasteiger partial charge >= 0.3 is 0 Å². The van der Waals surface area contributed by atoms with Crippen LogP contribution < -0.4 is 5.32 Å². The van der Waals surface area contributed by atoms with E-state index >= 15 is 0 Å². The van der Waals surface area contributed by atoms with Crippen LogP contribution in [0.1, 0.15) is 46.9 Å². The van der Waals surface area contributed by atoms with Gasteiger partial charge in [-0.3, -0.25) is 4.79 Å². The number of anilines is 1. The minimum Gasteiger partial charge on any atom is -0.321 e. The first-order chi connectivity index (χ1) is 12.0. The van der Waals surface area contributed by atoms with Gasteiger partial charge in [-0.2, -0.15) is 5.10 Å². The number of aromatic nitrogens is 2. The van der Waals surface area contributed by atoms with Gasteiger partial charge in [0.2, 0.25) is 0 Å². The smallest absolute Gasteiger partial charge is 0.259 e. The van der Waals surface area contributed by atoms with Gasteiger partial charge in [0.05, 0.1) is 23.1 Å². The van der Waals surface area contributed by atoms with Crippen molar-refractivity contribution >= 4 is 11.6 Å². The molecule has 0 saturated carbocycles. The molecule has 0 fully saturated rings. The standard InChI is InChI=1S/C21H23N3O/c1-14(2)18-12-8-9-15(3)20(18)23-21(25)19-13-22-24(16(19)4)17-10-6-5-7-11-17/h5-14H,1-4H3,(H,23,25). The van der Waals surface area contributed by atoms with Crippen LogP contribution in [0, 0.1) is 13.8 Å². The van der Waals surface area contributed by atoms with Gasteiger partial charge in [0.15, 0.2) is 0 Å². The summed E-state index contributed by atoms with van der Waals surface area (Å²) in [6.07, 6.45) is 1.63. The number of amides is 1. The van der Waals surface area contributed by atoms with Crippen molar-refractivity contribution in [2.24, 2.45) is 0 Å². The van der Waals surface area contributed by atoms with E-state index in [2.05, 4.69) is 30.3 Å². The Bertz CT molecular complexity index is 895. The monoisotopic (exact) mass is 333 g/mol. The number of carbonyl (C=O) groups is 1. The van der Waals surface area contributed by atoms with Crippen molar-refractivity contribution in [1.82, 2.24) is 9.78 Å². The van der Waals surface area contributed by atoms with Crippen molar-refractivity contribution in [3.63, 3.8) is 0 Å². The number of hydrogen-bond donors (Lipinski definition) is 1. The fourth-order valence-electron chi connectivity index (χ4n) is 2.99. The summed E-state index contributed by atoms with van der Waals surface area (Å²) in [5, 5.41) is 7.47. The summed E-state index contributed by atoms with van der Waals surface area (Å²) >= 11 is 0. The van der Waals surface area contributed by atoms with Crippen LogP contribution in [0.15, 0.2) is 54.7 Å². The number of nitrogens with zero attached hydrogens (tertiary/aromatic N) is 2. The van der Waals surface area contributed by atoms with Crippen LogP contribution in [0.2, 0.25) is 0 Å². The minimum atomic E-state index is -0.129. The molecule has 1 heterocycles. The lowest BCUT2D eigenvalue weighted by Crippen LogP contribution is -2.15. The minimum absolute atomic E-state index is 0.129. The highest BCUT2D eigenvalue weighted by Gasteiger charge is 2.18. The van der Waals surface area contributed by atoms with Crippen LogP contribution in [0.5, 0.6) is 0 Å². The maximum Gasteiger partial charge on any atom is 0.259 e. The van der Waals surface area contributed by atoms with E-state index in [-0.39, 0.29) is 5.91 Å². The SMILES string of the molecule is Cc1cccc(C(C)C)c1NC(=O)c1cnn(-c2ccccc2)c1C. The lowest BCUT2D eigenvalue weighted by Gasteiger charge is -2.16. The Morgan fingerprint density at radius 1 is 1.04 bits per heavy atom. The van der Waals surface area contributed by atoms with E-state index in [1.165, 1.54) is 0 Å². The van der Waals surface area contributed by atoms with Gasteiger partial charge in [-0.05, 0) is 43.0 Å². The van der Waals surface area contributed by atoms with Crippen molar-refractivity contribution in [2.75, 3.05) is 5.32 Å². The second-order valence-corrected chi connectivity index (χ2v) is 6.54. The number of hydrogen-bond acceptors (Lipinski definition) is 2. The molecule has 0 aliphatic heterocycles. The summed E-state index contributed by atoms with van der Waals surface area (Å²) in [6.45, 7) is 8.18. The molecular formula is C21H23N3O. The summed E-state index contributed by atoms with van der Waals surface area (Å²) in [4.78, 5) is 12.8. The van der Waals surface area contributed by atoms with Crippen LogP contribution >= 0.6 is 0 Å². The van der Waals surface area contributed by atoms with Crippen molar-refractivity contribution in [3.05, 3.63) is 77.1 Å². The molecule has 1 amide bonds. The molecule has 0 unspecified atom stereocenters. The highest BCUT2D eigenvalue weighted by atomic mass is 16.1. The summed E-state index contributed by atoms with van der Waals surface area (Å²) < 4.78 is 1.79. The molecule has 0 saturated heterocycles. The van der Waals surface area contributed by atoms with E-state index in [9.17, 15) is 4.79 Å². The summed E-state index contributed by atoms with van der Waals surface area (Å²) in [5.41, 5.74) is 5.45. The molecule has 0 bridgehead atoms. The Kier molecular flexibility index (Phi) is 4.70. The average Bonchev–Trinajstić information content (AvgIpc) is 2.98. The first-order valence-electron chi connectivity index (χ1n) is 8.50. The topological polar surface area (TPSA) is 46.9 Å². The van der Waals surface area contributed by atoms with Crippen LogP contribution in [-0.4, -0.2) is 15.7 Å². The van der Waals surface area contributed by atoms with Crippen LogP contribution in [0.4, 0.5) is 5.69 Å². The van der Waals surface area contributed by atoms with Gasteiger partial charge in [0, 0.05) is 5.69 Å². The van der Waals surface area contributed by atoms with Crippen LogP contribution in [0.3, 0.4) is 0 Å². The Morgan fingerprint density at radius 2 is 1.76 bits per heavy atom. The molecule has 0 radical (unpaired) electrons. The molecule has 0 spiro atoms. The van der Waals surface area contributed by atoms with E-state index in [4.69, 9.17) is 0 Å². The molecule has 4 nitrogen and oxygen atoms in total. The van der Waals surface area contributed by atoms with Gasteiger partial charge in [-0.15, -0.1) is 0 Å². The largest absolute Gasteiger partial charge is 0.321 e. The second kappa shape index (κ2) is 6.93. The summed E-state index contributed by atoms with van der Waals surface area (Å²) in [7, 11) is 0. The molecule has 3 rings (SSSR count). The third-order valence-electron chi connectivity index (χ3n) is 4.42. The Labute approximate surface area is 148 Å². The second-order valence-electron chi connectivity index (χ2n) is 6.54. The molecule has 4 heteroatoms. The van der Waals surface area contributed by atoms with Crippen molar-refractivity contribution in [1.29, 1.82) is 0 Å². The van der Waals surface area contributed by atoms with Gasteiger partial charge in [-0.25, -0.2) is 4.68 Å². The average molecular weight is 333 g/mol. The normalized spacial score (nSPS) is 10.9. The molecule has 1 aromatic heterocycles. The van der Waals surface area contributed by atoms with Crippen molar-refractivity contribution < 1.29 is 4.79 Å². The predicted molar refractivity (Wildman–Crippen MR) is 102 cm³/mol. The summed E-state index contributed by atoms with van der Waals surface area (Å²) in [6, 6.07) is 15.9. The van der Waals surface area contributed by atoms with Crippen LogP contribution in [-0.2, 0) is 0 Å². The zero-order valence-corrected chi connectivity index (χ0v) is 15.1. The van der Waals surface area contributed by atoms with Gasteiger partial charge in [0.1, 0.15) is 0 Å². The first-order valence-corrected chi connectivity index (χ1v) is 8.50. The Hall–Kier alpha value is -2.88. The molecule has 0 atom stereocenters. The zero-order valence-electron chi connectivity index (χ0n) is 15.1. The Balaban J connectivity index is 1.93. The third-order valence-corrected chi connectivity index (χ3v) is 4.42. The molecule has 0 aliphatic carbocycles. The Morgan fingerprint density at radius 3 is 2.44 bits per heavy atom. The highest BCUT2D eigenvalue weighted by Crippen LogP contribution is 2.28. The zero-order chi connectivity index (χ0) is 18.0. The third kappa shape index (κ3) is 3.33. The number of carbonyl (C=O) groups excluding carboxylic acids is 1. The van der Waals surface area contributed by atoms with Gasteiger partial charge < -0.3 is 5.32 Å². The fraction of sp³-hybridized carbons (Fsp3) is 0.238. The van der Waals surface area contributed by atoms with Crippen molar-refractivity contribution in [3.8, 4) is 5.69 Å². The van der Waals surface area contributed by atoms with E-state index in [1.54, 1.807) is 10.9 Å². The number of nitrogens with one attached hydrogen (secondary N) is 1. The summed E-state index contributed by atoms with van der Waals surface area (Å²) in [5.74, 6) is 0.208. The number of benzene rings is 2.